The fraction of sp³-hybridized carbons (Fsp3) is 0.333. The lowest BCUT2D eigenvalue weighted by Gasteiger charge is -2.15. The largest absolute Gasteiger partial charge is 0.508 e. The van der Waals surface area contributed by atoms with Crippen molar-refractivity contribution in [2.45, 2.75) is 27.7 Å². The maximum absolute atomic E-state index is 12.0. The molecule has 1 aromatic carbocycles. The number of allylic oxidation sites excluding steroid dienone is 1. The Morgan fingerprint density at radius 3 is 2.53 bits per heavy atom. The first kappa shape index (κ1) is 14.8. The molecule has 0 heterocycles. The van der Waals surface area contributed by atoms with E-state index in [0.29, 0.717) is 0 Å². The van der Waals surface area contributed by atoms with E-state index in [2.05, 4.69) is 5.32 Å². The van der Waals surface area contributed by atoms with Crippen molar-refractivity contribution in [1.29, 1.82) is 5.26 Å². The predicted molar refractivity (Wildman–Crippen MR) is 74.6 cm³/mol. The summed E-state index contributed by atoms with van der Waals surface area (Å²) in [6.45, 7) is 7.14. The van der Waals surface area contributed by atoms with Gasteiger partial charge in [-0.15, -0.1) is 0 Å². The summed E-state index contributed by atoms with van der Waals surface area (Å²) < 4.78 is 0. The normalized spacial score (nSPS) is 11.8. The molecule has 100 valence electrons. The molecule has 0 bridgehead atoms. The molecule has 0 aliphatic carbocycles. The standard InChI is InChI=1S/C15H18N2O2/c1-10-7-12(18)5-6-13(10)17-9-11(8-16)14(19)15(2,3)4/h5-7,9,17-18H,1-4H3/b11-9-. The highest BCUT2D eigenvalue weighted by molar-refractivity contribution is 6.02. The Labute approximate surface area is 113 Å². The third kappa shape index (κ3) is 3.85. The van der Waals surface area contributed by atoms with Gasteiger partial charge in [-0.3, -0.25) is 4.79 Å². The minimum atomic E-state index is -0.590. The van der Waals surface area contributed by atoms with E-state index in [-0.39, 0.29) is 17.1 Å². The number of benzene rings is 1. The smallest absolute Gasteiger partial charge is 0.180 e. The zero-order valence-corrected chi connectivity index (χ0v) is 11.6. The number of ketones is 1. The summed E-state index contributed by atoms with van der Waals surface area (Å²) in [6, 6.07) is 6.75. The molecule has 0 amide bonds. The number of anilines is 1. The van der Waals surface area contributed by atoms with Crippen molar-refractivity contribution in [1.82, 2.24) is 0 Å². The molecule has 0 saturated heterocycles. The van der Waals surface area contributed by atoms with Gasteiger partial charge in [0.05, 0.1) is 0 Å². The van der Waals surface area contributed by atoms with Crippen LogP contribution in [0.1, 0.15) is 26.3 Å². The Morgan fingerprint density at radius 1 is 1.42 bits per heavy atom. The van der Waals surface area contributed by atoms with Gasteiger partial charge in [-0.25, -0.2) is 0 Å². The molecule has 19 heavy (non-hydrogen) atoms. The van der Waals surface area contributed by atoms with Crippen molar-refractivity contribution in [3.8, 4) is 11.8 Å². The number of rotatable bonds is 3. The molecule has 1 aromatic rings. The number of nitriles is 1. The molecular formula is C15H18N2O2. The monoisotopic (exact) mass is 258 g/mol. The highest BCUT2D eigenvalue weighted by Gasteiger charge is 2.24. The van der Waals surface area contributed by atoms with Crippen LogP contribution in [0, 0.1) is 23.7 Å². The van der Waals surface area contributed by atoms with Crippen molar-refractivity contribution >= 4 is 11.5 Å². The second-order valence-corrected chi connectivity index (χ2v) is 5.39. The summed E-state index contributed by atoms with van der Waals surface area (Å²) in [7, 11) is 0. The van der Waals surface area contributed by atoms with Crippen molar-refractivity contribution in [3.63, 3.8) is 0 Å². The number of hydrogen-bond donors (Lipinski definition) is 2. The maximum Gasteiger partial charge on any atom is 0.180 e. The number of hydrogen-bond acceptors (Lipinski definition) is 4. The molecule has 0 radical (unpaired) electrons. The minimum absolute atomic E-state index is 0.0833. The molecule has 1 rings (SSSR count). The zero-order chi connectivity index (χ0) is 14.6. The van der Waals surface area contributed by atoms with Crippen LogP contribution in [0.5, 0.6) is 5.75 Å². The summed E-state index contributed by atoms with van der Waals surface area (Å²) in [5.41, 5.74) is 1.07. The maximum atomic E-state index is 12.0. The van der Waals surface area contributed by atoms with E-state index in [1.165, 1.54) is 6.20 Å². The molecule has 0 aliphatic heterocycles. The first-order valence-electron chi connectivity index (χ1n) is 5.97. The lowest BCUT2D eigenvalue weighted by molar-refractivity contribution is -0.122. The van der Waals surface area contributed by atoms with Crippen LogP contribution in [0.15, 0.2) is 30.0 Å². The van der Waals surface area contributed by atoms with Crippen LogP contribution in [0.25, 0.3) is 0 Å². The summed E-state index contributed by atoms with van der Waals surface area (Å²) in [5, 5.41) is 21.3. The second-order valence-electron chi connectivity index (χ2n) is 5.39. The van der Waals surface area contributed by atoms with Gasteiger partial charge in [-0.1, -0.05) is 20.8 Å². The van der Waals surface area contributed by atoms with Crippen LogP contribution in [0.4, 0.5) is 5.69 Å². The SMILES string of the molecule is Cc1cc(O)ccc1N/C=C(/C#N)C(=O)C(C)(C)C. The number of phenols is 1. The number of carbonyl (C=O) groups excluding carboxylic acids is 1. The van der Waals surface area contributed by atoms with Gasteiger partial charge in [0.25, 0.3) is 0 Å². The quantitative estimate of drug-likeness (QED) is 0.496. The molecule has 4 nitrogen and oxygen atoms in total. The van der Waals surface area contributed by atoms with E-state index < -0.39 is 5.41 Å². The van der Waals surface area contributed by atoms with Crippen LogP contribution in [-0.4, -0.2) is 10.9 Å². The fourth-order valence-corrected chi connectivity index (χ4v) is 1.51. The molecule has 0 unspecified atom stereocenters. The molecule has 2 N–H and O–H groups in total. The Morgan fingerprint density at radius 2 is 2.05 bits per heavy atom. The fourth-order valence-electron chi connectivity index (χ4n) is 1.51. The van der Waals surface area contributed by atoms with Gasteiger partial charge in [-0.2, -0.15) is 5.26 Å². The highest BCUT2D eigenvalue weighted by Crippen LogP contribution is 2.22. The van der Waals surface area contributed by atoms with Crippen molar-refractivity contribution < 1.29 is 9.90 Å². The summed E-state index contributed by atoms with van der Waals surface area (Å²) >= 11 is 0. The average Bonchev–Trinajstić information content (AvgIpc) is 2.30. The highest BCUT2D eigenvalue weighted by atomic mass is 16.3. The van der Waals surface area contributed by atoms with Gasteiger partial charge in [0.15, 0.2) is 5.78 Å². The van der Waals surface area contributed by atoms with Gasteiger partial charge in [-0.05, 0) is 30.7 Å². The third-order valence-electron chi connectivity index (χ3n) is 2.63. The topological polar surface area (TPSA) is 73.1 Å². The number of carbonyl (C=O) groups is 1. The number of Topliss-reactive ketones (excluding diaryl/α,β-unsaturated/α-hetero) is 1. The van der Waals surface area contributed by atoms with Crippen LogP contribution in [0.3, 0.4) is 0 Å². The summed E-state index contributed by atoms with van der Waals surface area (Å²) in [6.07, 6.45) is 1.41. The lowest BCUT2D eigenvalue weighted by atomic mass is 9.87. The van der Waals surface area contributed by atoms with Gasteiger partial charge in [0.2, 0.25) is 0 Å². The Hall–Kier alpha value is -2.28. The van der Waals surface area contributed by atoms with Crippen LogP contribution in [0.2, 0.25) is 0 Å². The Balaban J connectivity index is 2.96. The van der Waals surface area contributed by atoms with Gasteiger partial charge in [0, 0.05) is 17.3 Å². The molecule has 4 heteroatoms. The van der Waals surface area contributed by atoms with E-state index in [0.717, 1.165) is 11.3 Å². The third-order valence-corrected chi connectivity index (χ3v) is 2.63. The summed E-state index contributed by atoms with van der Waals surface area (Å²) in [5.74, 6) is -0.0303. The molecule has 0 spiro atoms. The van der Waals surface area contributed by atoms with Gasteiger partial charge < -0.3 is 10.4 Å². The molecule has 0 saturated carbocycles. The summed E-state index contributed by atoms with van der Waals surface area (Å²) in [4.78, 5) is 12.0. The minimum Gasteiger partial charge on any atom is -0.508 e. The van der Waals surface area contributed by atoms with E-state index in [9.17, 15) is 9.90 Å². The van der Waals surface area contributed by atoms with Gasteiger partial charge >= 0.3 is 0 Å². The predicted octanol–water partition coefficient (Wildman–Crippen LogP) is 3.14. The van der Waals surface area contributed by atoms with Crippen LogP contribution >= 0.6 is 0 Å². The van der Waals surface area contributed by atoms with Crippen molar-refractivity contribution in [2.24, 2.45) is 5.41 Å². The Kier molecular flexibility index (Phi) is 4.34. The number of nitrogens with zero attached hydrogens (tertiary/aromatic N) is 1. The first-order valence-corrected chi connectivity index (χ1v) is 5.97. The van der Waals surface area contributed by atoms with E-state index in [1.54, 1.807) is 39.0 Å². The van der Waals surface area contributed by atoms with E-state index in [4.69, 9.17) is 5.26 Å². The number of phenolic OH excluding ortho intramolecular Hbond substituents is 1. The number of nitrogens with one attached hydrogen (secondary N) is 1. The molecule has 0 aromatic heterocycles. The molecule has 0 fully saturated rings. The molecular weight excluding hydrogens is 240 g/mol. The average molecular weight is 258 g/mol. The first-order chi connectivity index (χ1) is 8.75. The second kappa shape index (κ2) is 5.57. The van der Waals surface area contributed by atoms with Crippen molar-refractivity contribution in [3.05, 3.63) is 35.5 Å². The molecule has 0 aliphatic rings. The van der Waals surface area contributed by atoms with E-state index in [1.807, 2.05) is 13.0 Å². The van der Waals surface area contributed by atoms with Gasteiger partial charge in [0.1, 0.15) is 17.4 Å². The number of aryl methyl sites for hydroxylation is 1. The van der Waals surface area contributed by atoms with Crippen molar-refractivity contribution in [2.75, 3.05) is 5.32 Å². The zero-order valence-electron chi connectivity index (χ0n) is 11.6. The lowest BCUT2D eigenvalue weighted by Crippen LogP contribution is -2.22. The number of aromatic hydroxyl groups is 1. The van der Waals surface area contributed by atoms with Crippen LogP contribution < -0.4 is 5.32 Å². The Bertz CT molecular complexity index is 560. The van der Waals surface area contributed by atoms with Crippen LogP contribution in [-0.2, 0) is 4.79 Å². The molecule has 0 atom stereocenters. The van der Waals surface area contributed by atoms with E-state index >= 15 is 0 Å².